The molecule has 23 heavy (non-hydrogen) atoms. The molecule has 1 heterocycles. The van der Waals surface area contributed by atoms with Crippen molar-refractivity contribution in [3.05, 3.63) is 29.8 Å². The lowest BCUT2D eigenvalue weighted by molar-refractivity contribution is -0.137. The van der Waals surface area contributed by atoms with Gasteiger partial charge in [-0.1, -0.05) is 19.1 Å². The number of tetrazole rings is 1. The second kappa shape index (κ2) is 6.76. The van der Waals surface area contributed by atoms with E-state index in [-0.39, 0.29) is 17.3 Å². The highest BCUT2D eigenvalue weighted by Gasteiger charge is 2.30. The van der Waals surface area contributed by atoms with Crippen LogP contribution in [0.3, 0.4) is 0 Å². The monoisotopic (exact) mass is 327 g/mol. The van der Waals surface area contributed by atoms with Crippen LogP contribution in [0.4, 0.5) is 13.2 Å². The zero-order valence-electron chi connectivity index (χ0n) is 12.6. The number of halogens is 3. The van der Waals surface area contributed by atoms with Gasteiger partial charge in [0.25, 0.3) is 0 Å². The van der Waals surface area contributed by atoms with E-state index < -0.39 is 17.8 Å². The number of nitrogens with one attached hydrogen (secondary N) is 1. The fraction of sp³-hybridized carbons (Fsp3) is 0.429. The first kappa shape index (κ1) is 16.9. The number of carbonyl (C=O) groups excluding carboxylic acids is 1. The number of aromatic nitrogens is 4. The molecule has 1 unspecified atom stereocenters. The van der Waals surface area contributed by atoms with E-state index in [1.165, 1.54) is 12.1 Å². The molecule has 1 aromatic heterocycles. The summed E-state index contributed by atoms with van der Waals surface area (Å²) in [5, 5.41) is 14.2. The van der Waals surface area contributed by atoms with E-state index in [9.17, 15) is 18.0 Å². The molecular weight excluding hydrogens is 311 g/mol. The molecule has 1 aromatic carbocycles. The largest absolute Gasteiger partial charge is 0.416 e. The third kappa shape index (κ3) is 4.05. The van der Waals surface area contributed by atoms with Crippen LogP contribution in [0.15, 0.2) is 24.3 Å². The van der Waals surface area contributed by atoms with Crippen molar-refractivity contribution in [1.29, 1.82) is 0 Å². The van der Waals surface area contributed by atoms with Crippen molar-refractivity contribution in [2.24, 2.45) is 0 Å². The molecule has 2 aromatic rings. The maximum atomic E-state index is 12.7. The molecule has 6 nitrogen and oxygen atoms in total. The second-order valence-corrected chi connectivity index (χ2v) is 4.98. The lowest BCUT2D eigenvalue weighted by atomic mass is 10.1. The van der Waals surface area contributed by atoms with Crippen LogP contribution in [0.5, 0.6) is 0 Å². The molecule has 0 aliphatic rings. The molecule has 0 saturated heterocycles. The Hall–Kier alpha value is -2.45. The minimum atomic E-state index is -4.45. The van der Waals surface area contributed by atoms with Gasteiger partial charge in [0, 0.05) is 12.1 Å². The van der Waals surface area contributed by atoms with E-state index in [0.29, 0.717) is 6.54 Å². The van der Waals surface area contributed by atoms with Crippen LogP contribution in [-0.2, 0) is 11.0 Å². The minimum absolute atomic E-state index is 0.0336. The van der Waals surface area contributed by atoms with E-state index in [1.807, 2.05) is 6.92 Å². The summed E-state index contributed by atoms with van der Waals surface area (Å²) in [6.45, 7) is 4.03. The summed E-state index contributed by atoms with van der Waals surface area (Å²) in [7, 11) is 0. The Labute approximate surface area is 130 Å². The van der Waals surface area contributed by atoms with Gasteiger partial charge in [-0.25, -0.2) is 0 Å². The summed E-state index contributed by atoms with van der Waals surface area (Å²) in [4.78, 5) is 12.9. The number of hydrogen-bond acceptors (Lipinski definition) is 4. The minimum Gasteiger partial charge on any atom is -0.354 e. The molecule has 2 rings (SSSR count). The normalized spacial score (nSPS) is 12.9. The van der Waals surface area contributed by atoms with Gasteiger partial charge in [-0.3, -0.25) is 4.79 Å². The van der Waals surface area contributed by atoms with E-state index >= 15 is 0 Å². The molecule has 9 heteroatoms. The van der Waals surface area contributed by atoms with Crippen molar-refractivity contribution in [2.75, 3.05) is 6.54 Å². The fourth-order valence-electron chi connectivity index (χ4n) is 1.84. The van der Waals surface area contributed by atoms with Crippen LogP contribution in [0, 0.1) is 0 Å². The third-order valence-electron chi connectivity index (χ3n) is 3.15. The molecule has 0 fully saturated rings. The molecule has 0 bridgehead atoms. The van der Waals surface area contributed by atoms with Crippen LogP contribution in [0.1, 0.15) is 31.9 Å². The van der Waals surface area contributed by atoms with Gasteiger partial charge in [0.2, 0.25) is 11.7 Å². The highest BCUT2D eigenvalue weighted by molar-refractivity contribution is 5.79. The highest BCUT2D eigenvalue weighted by Crippen LogP contribution is 2.31. The average molecular weight is 327 g/mol. The van der Waals surface area contributed by atoms with E-state index in [0.717, 1.165) is 23.4 Å². The SMILES string of the molecule is CCCNC(=O)C(C)n1nnc(-c2cccc(C(F)(F)F)c2)n1. The fourth-order valence-corrected chi connectivity index (χ4v) is 1.84. The Bertz CT molecular complexity index is 683. The number of benzene rings is 1. The molecule has 0 aliphatic heterocycles. The first-order chi connectivity index (χ1) is 10.8. The number of alkyl halides is 3. The van der Waals surface area contributed by atoms with Gasteiger partial charge in [0.05, 0.1) is 5.56 Å². The van der Waals surface area contributed by atoms with Crippen LogP contribution < -0.4 is 5.32 Å². The second-order valence-electron chi connectivity index (χ2n) is 4.98. The first-order valence-electron chi connectivity index (χ1n) is 7.07. The third-order valence-corrected chi connectivity index (χ3v) is 3.15. The van der Waals surface area contributed by atoms with Crippen LogP contribution in [-0.4, -0.2) is 32.7 Å². The van der Waals surface area contributed by atoms with Gasteiger partial charge in [-0.15, -0.1) is 10.2 Å². The number of nitrogens with zero attached hydrogens (tertiary/aromatic N) is 4. The maximum absolute atomic E-state index is 12.7. The Morgan fingerprint density at radius 1 is 1.39 bits per heavy atom. The Morgan fingerprint density at radius 2 is 2.13 bits per heavy atom. The predicted octanol–water partition coefficient (Wildman–Crippen LogP) is 2.45. The quantitative estimate of drug-likeness (QED) is 0.915. The lowest BCUT2D eigenvalue weighted by Crippen LogP contribution is -2.32. The highest BCUT2D eigenvalue weighted by atomic mass is 19.4. The zero-order valence-corrected chi connectivity index (χ0v) is 12.6. The number of amides is 1. The number of rotatable bonds is 5. The van der Waals surface area contributed by atoms with Crippen molar-refractivity contribution in [2.45, 2.75) is 32.5 Å². The number of hydrogen-bond donors (Lipinski definition) is 1. The molecule has 0 spiro atoms. The predicted molar refractivity (Wildman–Crippen MR) is 76.3 cm³/mol. The summed E-state index contributed by atoms with van der Waals surface area (Å²) in [5.74, 6) is -0.244. The molecule has 0 saturated carbocycles. The summed E-state index contributed by atoms with van der Waals surface area (Å²) < 4.78 is 38.2. The smallest absolute Gasteiger partial charge is 0.354 e. The van der Waals surface area contributed by atoms with Crippen LogP contribution in [0.2, 0.25) is 0 Å². The summed E-state index contributed by atoms with van der Waals surface area (Å²) in [6, 6.07) is 3.95. The first-order valence-corrected chi connectivity index (χ1v) is 7.07. The Morgan fingerprint density at radius 3 is 2.78 bits per heavy atom. The van der Waals surface area contributed by atoms with Gasteiger partial charge in [0.15, 0.2) is 0 Å². The molecule has 124 valence electrons. The van der Waals surface area contributed by atoms with Gasteiger partial charge >= 0.3 is 6.18 Å². The zero-order chi connectivity index (χ0) is 17.0. The average Bonchev–Trinajstić information content (AvgIpc) is 3.01. The van der Waals surface area contributed by atoms with Crippen molar-refractivity contribution in [3.63, 3.8) is 0 Å². The van der Waals surface area contributed by atoms with Gasteiger partial charge < -0.3 is 5.32 Å². The Kier molecular flexibility index (Phi) is 4.97. The Balaban J connectivity index is 2.21. The summed E-state index contributed by atoms with van der Waals surface area (Å²) in [6.07, 6.45) is -3.65. The maximum Gasteiger partial charge on any atom is 0.416 e. The topological polar surface area (TPSA) is 72.7 Å². The molecule has 0 aliphatic carbocycles. The van der Waals surface area contributed by atoms with Crippen molar-refractivity contribution in [3.8, 4) is 11.4 Å². The molecular formula is C14H16F3N5O. The van der Waals surface area contributed by atoms with Crippen molar-refractivity contribution >= 4 is 5.91 Å². The van der Waals surface area contributed by atoms with E-state index in [1.54, 1.807) is 6.92 Å². The standard InChI is InChI=1S/C14H16F3N5O/c1-3-7-18-13(23)9(2)22-20-12(19-21-22)10-5-4-6-11(8-10)14(15,16)17/h4-6,8-9H,3,7H2,1-2H3,(H,18,23). The summed E-state index contributed by atoms with van der Waals surface area (Å²) >= 11 is 0. The van der Waals surface area contributed by atoms with E-state index in [4.69, 9.17) is 0 Å². The van der Waals surface area contributed by atoms with Crippen LogP contribution >= 0.6 is 0 Å². The van der Waals surface area contributed by atoms with Crippen molar-refractivity contribution < 1.29 is 18.0 Å². The molecule has 1 N–H and O–H groups in total. The molecule has 1 atom stereocenters. The lowest BCUT2D eigenvalue weighted by Gasteiger charge is -2.09. The molecule has 1 amide bonds. The van der Waals surface area contributed by atoms with Gasteiger partial charge in [-0.05, 0) is 30.7 Å². The van der Waals surface area contributed by atoms with E-state index in [2.05, 4.69) is 20.7 Å². The number of carbonyl (C=O) groups is 1. The van der Waals surface area contributed by atoms with Crippen molar-refractivity contribution in [1.82, 2.24) is 25.5 Å². The summed E-state index contributed by atoms with van der Waals surface area (Å²) in [5.41, 5.74) is -0.604. The van der Waals surface area contributed by atoms with Crippen LogP contribution in [0.25, 0.3) is 11.4 Å². The van der Waals surface area contributed by atoms with Gasteiger partial charge in [-0.2, -0.15) is 18.0 Å². The van der Waals surface area contributed by atoms with Gasteiger partial charge in [0.1, 0.15) is 6.04 Å². The molecule has 0 radical (unpaired) electrons.